The molecular formula is C26H24N4OS. The molecule has 0 amide bonds. The van der Waals surface area contributed by atoms with Gasteiger partial charge in [0.25, 0.3) is 0 Å². The molecule has 160 valence electrons. The molecule has 1 fully saturated rings. The van der Waals surface area contributed by atoms with Crippen molar-refractivity contribution in [2.24, 2.45) is 0 Å². The zero-order valence-electron chi connectivity index (χ0n) is 18.2. The molecule has 4 aromatic rings. The molecule has 1 saturated carbocycles. The summed E-state index contributed by atoms with van der Waals surface area (Å²) in [5, 5.41) is 0. The summed E-state index contributed by atoms with van der Waals surface area (Å²) in [6.45, 7) is 2.02. The Balaban J connectivity index is 1.50. The molecule has 2 bridgehead atoms. The molecule has 5 nitrogen and oxygen atoms in total. The highest BCUT2D eigenvalue weighted by Crippen LogP contribution is 2.52. The van der Waals surface area contributed by atoms with Gasteiger partial charge in [0.2, 0.25) is 0 Å². The third-order valence-corrected chi connectivity index (χ3v) is 7.66. The van der Waals surface area contributed by atoms with Crippen molar-refractivity contribution < 1.29 is 4.55 Å². The Hall–Kier alpha value is -2.96. The zero-order valence-corrected chi connectivity index (χ0v) is 19.0. The second-order valence-electron chi connectivity index (χ2n) is 8.77. The zero-order chi connectivity index (χ0) is 21.8. The van der Waals surface area contributed by atoms with Crippen molar-refractivity contribution in [2.45, 2.75) is 43.0 Å². The average Bonchev–Trinajstić information content (AvgIpc) is 3.52. The van der Waals surface area contributed by atoms with Crippen molar-refractivity contribution >= 4 is 11.2 Å². The van der Waals surface area contributed by atoms with E-state index in [1.807, 2.05) is 43.5 Å². The second kappa shape index (κ2) is 7.57. The highest BCUT2D eigenvalue weighted by atomic mass is 32.2. The Morgan fingerprint density at radius 1 is 0.969 bits per heavy atom. The topological polar surface area (TPSA) is 66.7 Å². The van der Waals surface area contributed by atoms with Gasteiger partial charge in [0, 0.05) is 35.0 Å². The van der Waals surface area contributed by atoms with Gasteiger partial charge < -0.3 is 9.12 Å². The summed E-state index contributed by atoms with van der Waals surface area (Å²) in [6, 6.07) is 18.7. The lowest BCUT2D eigenvalue weighted by Crippen LogP contribution is -2.08. The molecule has 32 heavy (non-hydrogen) atoms. The number of benzene rings is 1. The molecule has 1 aliphatic heterocycles. The molecule has 0 spiro atoms. The van der Waals surface area contributed by atoms with Gasteiger partial charge in [-0.3, -0.25) is 9.97 Å². The third-order valence-electron chi connectivity index (χ3n) is 6.72. The molecule has 3 aromatic heterocycles. The molecular weight excluding hydrogens is 416 g/mol. The van der Waals surface area contributed by atoms with Crippen molar-refractivity contribution in [3.8, 4) is 33.9 Å². The molecule has 1 unspecified atom stereocenters. The number of aryl methyl sites for hydroxylation is 1. The van der Waals surface area contributed by atoms with E-state index in [-0.39, 0.29) is 0 Å². The summed E-state index contributed by atoms with van der Waals surface area (Å²) >= 11 is -0.989. The normalized spacial score (nSPS) is 19.8. The van der Waals surface area contributed by atoms with Crippen LogP contribution in [0.15, 0.2) is 65.7 Å². The molecule has 2 aliphatic rings. The van der Waals surface area contributed by atoms with E-state index >= 15 is 0 Å². The minimum atomic E-state index is -0.989. The molecule has 6 rings (SSSR count). The van der Waals surface area contributed by atoms with E-state index in [1.54, 1.807) is 6.26 Å². The van der Waals surface area contributed by atoms with E-state index in [2.05, 4.69) is 33.8 Å². The van der Waals surface area contributed by atoms with Gasteiger partial charge in [-0.2, -0.15) is 0 Å². The van der Waals surface area contributed by atoms with E-state index in [4.69, 9.17) is 9.97 Å². The van der Waals surface area contributed by atoms with Gasteiger partial charge in [0.1, 0.15) is 17.8 Å². The standard InChI is InChI=1S/C26H24N4OS/c1-16-4-3-5-22(28-16)24-25(30-20-9-6-19(14-20)26(30)29-24)18-12-13-27-23(15-18)17-7-10-21(11-8-17)32(2)31/h3-5,7-8,10-13,15,19-20H,6,9,14H2,1-2H3/t19-,20-,32?/m1/s1. The summed E-state index contributed by atoms with van der Waals surface area (Å²) in [5.74, 6) is 1.77. The Morgan fingerprint density at radius 3 is 2.59 bits per heavy atom. The molecule has 0 radical (unpaired) electrons. The fraction of sp³-hybridized carbons (Fsp3) is 0.269. The van der Waals surface area contributed by atoms with Crippen LogP contribution in [-0.4, -0.2) is 30.3 Å². The van der Waals surface area contributed by atoms with Gasteiger partial charge in [-0.15, -0.1) is 0 Å². The minimum absolute atomic E-state index is 0.520. The van der Waals surface area contributed by atoms with Crippen LogP contribution in [0.1, 0.15) is 42.7 Å². The van der Waals surface area contributed by atoms with Crippen LogP contribution >= 0.6 is 0 Å². The largest absolute Gasteiger partial charge is 0.612 e. The van der Waals surface area contributed by atoms with Gasteiger partial charge >= 0.3 is 0 Å². The molecule has 0 N–H and O–H groups in total. The smallest absolute Gasteiger partial charge is 0.152 e. The van der Waals surface area contributed by atoms with Crippen molar-refractivity contribution in [1.29, 1.82) is 0 Å². The van der Waals surface area contributed by atoms with Crippen LogP contribution < -0.4 is 0 Å². The van der Waals surface area contributed by atoms with Gasteiger partial charge in [-0.05, 0) is 85.9 Å². The highest BCUT2D eigenvalue weighted by Gasteiger charge is 2.41. The molecule has 1 aliphatic carbocycles. The van der Waals surface area contributed by atoms with Crippen LogP contribution in [0.25, 0.3) is 33.9 Å². The number of pyridine rings is 2. The van der Waals surface area contributed by atoms with Crippen molar-refractivity contribution in [3.63, 3.8) is 0 Å². The predicted octanol–water partition coefficient (Wildman–Crippen LogP) is 5.54. The van der Waals surface area contributed by atoms with E-state index in [9.17, 15) is 4.55 Å². The SMILES string of the molecule is Cc1cccc(-c2nc3n(c2-c2ccnc(-c4ccc([S+](C)[O-])cc4)c2)[C@@H]2CC[C@@H]3C2)n1. The predicted molar refractivity (Wildman–Crippen MR) is 127 cm³/mol. The molecule has 6 heteroatoms. The van der Waals surface area contributed by atoms with Gasteiger partial charge in [0.05, 0.1) is 17.1 Å². The van der Waals surface area contributed by atoms with Gasteiger partial charge in [-0.25, -0.2) is 4.98 Å². The Bertz CT molecular complexity index is 1310. The second-order valence-corrected chi connectivity index (χ2v) is 10.2. The summed E-state index contributed by atoms with van der Waals surface area (Å²) in [4.78, 5) is 15.4. The average molecular weight is 441 g/mol. The third kappa shape index (κ3) is 3.17. The molecule has 3 atom stereocenters. The lowest BCUT2D eigenvalue weighted by molar-refractivity contribution is 0.530. The maximum atomic E-state index is 11.7. The Kier molecular flexibility index (Phi) is 4.66. The fourth-order valence-corrected chi connectivity index (χ4v) is 5.74. The fourth-order valence-electron chi connectivity index (χ4n) is 5.22. The van der Waals surface area contributed by atoms with E-state index in [1.165, 1.54) is 25.1 Å². The number of rotatable bonds is 4. The minimum Gasteiger partial charge on any atom is -0.612 e. The quantitative estimate of drug-likeness (QED) is 0.391. The monoisotopic (exact) mass is 440 g/mol. The number of hydrogen-bond acceptors (Lipinski definition) is 4. The summed E-state index contributed by atoms with van der Waals surface area (Å²) in [5.41, 5.74) is 7.07. The van der Waals surface area contributed by atoms with Crippen molar-refractivity contribution in [3.05, 3.63) is 72.3 Å². The lowest BCUT2D eigenvalue weighted by Gasteiger charge is -2.17. The van der Waals surface area contributed by atoms with Crippen molar-refractivity contribution in [2.75, 3.05) is 6.26 Å². The number of aromatic nitrogens is 4. The van der Waals surface area contributed by atoms with Crippen LogP contribution in [0, 0.1) is 6.92 Å². The lowest BCUT2D eigenvalue weighted by atomic mass is 10.0. The van der Waals surface area contributed by atoms with Crippen LogP contribution in [0.4, 0.5) is 0 Å². The van der Waals surface area contributed by atoms with Crippen LogP contribution in [-0.2, 0) is 11.2 Å². The van der Waals surface area contributed by atoms with Gasteiger partial charge in [0.15, 0.2) is 4.90 Å². The number of imidazole rings is 1. The maximum Gasteiger partial charge on any atom is 0.152 e. The first-order chi connectivity index (χ1) is 15.6. The first-order valence-electron chi connectivity index (χ1n) is 11.0. The summed E-state index contributed by atoms with van der Waals surface area (Å²) in [6.07, 6.45) is 7.22. The van der Waals surface area contributed by atoms with Crippen LogP contribution in [0.3, 0.4) is 0 Å². The van der Waals surface area contributed by atoms with E-state index in [0.29, 0.717) is 12.0 Å². The molecule has 0 saturated heterocycles. The molecule has 4 heterocycles. The Labute approximate surface area is 190 Å². The number of fused-ring (bicyclic) bond motifs is 5. The summed E-state index contributed by atoms with van der Waals surface area (Å²) < 4.78 is 14.2. The van der Waals surface area contributed by atoms with E-state index < -0.39 is 11.2 Å². The number of hydrogen-bond donors (Lipinski definition) is 0. The van der Waals surface area contributed by atoms with Crippen molar-refractivity contribution in [1.82, 2.24) is 19.5 Å². The van der Waals surface area contributed by atoms with Gasteiger partial charge in [-0.1, -0.05) is 6.07 Å². The maximum absolute atomic E-state index is 11.7. The van der Waals surface area contributed by atoms with Crippen LogP contribution in [0.2, 0.25) is 0 Å². The summed E-state index contributed by atoms with van der Waals surface area (Å²) in [7, 11) is 0. The van der Waals surface area contributed by atoms with E-state index in [0.717, 1.165) is 44.5 Å². The first-order valence-corrected chi connectivity index (χ1v) is 12.6. The number of nitrogens with zero attached hydrogens (tertiary/aromatic N) is 4. The van der Waals surface area contributed by atoms with Crippen LogP contribution in [0.5, 0.6) is 0 Å². The Morgan fingerprint density at radius 2 is 1.81 bits per heavy atom. The highest BCUT2D eigenvalue weighted by molar-refractivity contribution is 7.90. The first kappa shape index (κ1) is 19.7. The molecule has 1 aromatic carbocycles.